The van der Waals surface area contributed by atoms with Crippen LogP contribution >= 0.6 is 0 Å². The molecule has 18 heavy (non-hydrogen) atoms. The number of nitrogens with zero attached hydrogens (tertiary/aromatic N) is 2. The summed E-state index contributed by atoms with van der Waals surface area (Å²) in [7, 11) is 0. The molecule has 0 amide bonds. The summed E-state index contributed by atoms with van der Waals surface area (Å²) in [5, 5.41) is 3.11. The highest BCUT2D eigenvalue weighted by atomic mass is 19.1. The van der Waals surface area contributed by atoms with Gasteiger partial charge < -0.3 is 5.32 Å². The Morgan fingerprint density at radius 2 is 2.00 bits per heavy atom. The monoisotopic (exact) mass is 245 g/mol. The summed E-state index contributed by atoms with van der Waals surface area (Å²) in [6, 6.07) is 8.61. The lowest BCUT2D eigenvalue weighted by Crippen LogP contribution is -2.05. The van der Waals surface area contributed by atoms with Gasteiger partial charge in [-0.05, 0) is 12.0 Å². The molecule has 0 fully saturated rings. The van der Waals surface area contributed by atoms with Crippen LogP contribution in [0.3, 0.4) is 0 Å². The molecule has 2 aromatic rings. The lowest BCUT2D eigenvalue weighted by Gasteiger charge is -2.09. The minimum atomic E-state index is -0.205. The van der Waals surface area contributed by atoms with Crippen LogP contribution in [0, 0.1) is 5.82 Å². The Hall–Kier alpha value is -1.97. The number of hydrogen-bond acceptors (Lipinski definition) is 3. The third-order valence-electron chi connectivity index (χ3n) is 2.70. The fraction of sp³-hybridized carbons (Fsp3) is 0.286. The highest BCUT2D eigenvalue weighted by molar-refractivity contribution is 5.37. The van der Waals surface area contributed by atoms with E-state index in [1.807, 2.05) is 12.1 Å². The molecule has 0 aliphatic heterocycles. The van der Waals surface area contributed by atoms with E-state index in [0.29, 0.717) is 18.0 Å². The van der Waals surface area contributed by atoms with Gasteiger partial charge in [-0.15, -0.1) is 0 Å². The number of halogens is 1. The minimum absolute atomic E-state index is 0.205. The summed E-state index contributed by atoms with van der Waals surface area (Å²) >= 11 is 0. The van der Waals surface area contributed by atoms with Crippen LogP contribution in [0.4, 0.5) is 10.2 Å². The van der Waals surface area contributed by atoms with Gasteiger partial charge in [-0.3, -0.25) is 0 Å². The van der Waals surface area contributed by atoms with E-state index < -0.39 is 0 Å². The van der Waals surface area contributed by atoms with Gasteiger partial charge in [-0.25, -0.2) is 14.4 Å². The molecule has 1 heterocycles. The molecule has 0 unspecified atom stereocenters. The summed E-state index contributed by atoms with van der Waals surface area (Å²) in [5.74, 6) is 0.863. The number of anilines is 1. The van der Waals surface area contributed by atoms with E-state index in [-0.39, 0.29) is 5.82 Å². The van der Waals surface area contributed by atoms with Crippen molar-refractivity contribution in [3.63, 3.8) is 0 Å². The lowest BCUT2D eigenvalue weighted by atomic mass is 10.1. The van der Waals surface area contributed by atoms with E-state index in [1.54, 1.807) is 12.1 Å². The summed E-state index contributed by atoms with van der Waals surface area (Å²) in [6.07, 6.45) is 1.53. The van der Waals surface area contributed by atoms with E-state index in [9.17, 15) is 4.39 Å². The molecule has 0 spiro atoms. The third kappa shape index (κ3) is 3.03. The van der Waals surface area contributed by atoms with E-state index in [4.69, 9.17) is 0 Å². The van der Waals surface area contributed by atoms with Crippen LogP contribution in [0.5, 0.6) is 0 Å². The zero-order chi connectivity index (χ0) is 13.0. The molecule has 2 rings (SSSR count). The van der Waals surface area contributed by atoms with Crippen molar-refractivity contribution in [3.05, 3.63) is 53.7 Å². The maximum absolute atomic E-state index is 13.4. The number of rotatable bonds is 4. The normalized spacial score (nSPS) is 10.7. The van der Waals surface area contributed by atoms with E-state index in [1.165, 1.54) is 12.4 Å². The summed E-state index contributed by atoms with van der Waals surface area (Å²) in [4.78, 5) is 8.31. The summed E-state index contributed by atoms with van der Waals surface area (Å²) < 4.78 is 13.4. The van der Waals surface area contributed by atoms with Crippen LogP contribution in [0.1, 0.15) is 31.0 Å². The molecule has 1 aromatic carbocycles. The van der Waals surface area contributed by atoms with E-state index in [2.05, 4.69) is 29.1 Å². The Bertz CT molecular complexity index is 526. The average molecular weight is 245 g/mol. The molecule has 0 aliphatic rings. The van der Waals surface area contributed by atoms with Crippen molar-refractivity contribution < 1.29 is 4.39 Å². The predicted octanol–water partition coefficient (Wildman–Crippen LogP) is 3.35. The van der Waals surface area contributed by atoms with Crippen molar-refractivity contribution in [1.82, 2.24) is 9.97 Å². The Kier molecular flexibility index (Phi) is 3.87. The van der Waals surface area contributed by atoms with Gasteiger partial charge in [-0.1, -0.05) is 32.0 Å². The molecule has 0 bridgehead atoms. The van der Waals surface area contributed by atoms with Crippen LogP contribution in [0.25, 0.3) is 0 Å². The topological polar surface area (TPSA) is 37.8 Å². The van der Waals surface area contributed by atoms with Gasteiger partial charge in [0.2, 0.25) is 0 Å². The first-order valence-corrected chi connectivity index (χ1v) is 5.96. The Morgan fingerprint density at radius 3 is 2.72 bits per heavy atom. The van der Waals surface area contributed by atoms with Gasteiger partial charge in [0.25, 0.3) is 0 Å². The summed E-state index contributed by atoms with van der Waals surface area (Å²) in [6.45, 7) is 4.56. The molecule has 1 aromatic heterocycles. The van der Waals surface area contributed by atoms with Gasteiger partial charge in [-0.2, -0.15) is 0 Å². The highest BCUT2D eigenvalue weighted by Crippen LogP contribution is 2.15. The molecule has 0 saturated carbocycles. The van der Waals surface area contributed by atoms with Crippen molar-refractivity contribution >= 4 is 5.82 Å². The second-order valence-corrected chi connectivity index (χ2v) is 4.43. The molecule has 1 N–H and O–H groups in total. The maximum Gasteiger partial charge on any atom is 0.129 e. The number of aromatic nitrogens is 2. The fourth-order valence-corrected chi connectivity index (χ4v) is 1.61. The van der Waals surface area contributed by atoms with Crippen LogP contribution < -0.4 is 5.32 Å². The minimum Gasteiger partial charge on any atom is -0.366 e. The van der Waals surface area contributed by atoms with Crippen LogP contribution in [0.2, 0.25) is 0 Å². The molecule has 94 valence electrons. The molecular formula is C14H16FN3. The summed E-state index contributed by atoms with van der Waals surface area (Å²) in [5.41, 5.74) is 1.60. The van der Waals surface area contributed by atoms with Gasteiger partial charge in [0, 0.05) is 23.9 Å². The van der Waals surface area contributed by atoms with E-state index in [0.717, 1.165) is 11.5 Å². The zero-order valence-corrected chi connectivity index (χ0v) is 10.5. The first-order chi connectivity index (χ1) is 8.66. The largest absolute Gasteiger partial charge is 0.366 e. The highest BCUT2D eigenvalue weighted by Gasteiger charge is 2.04. The third-order valence-corrected chi connectivity index (χ3v) is 2.70. The second-order valence-electron chi connectivity index (χ2n) is 4.43. The predicted molar refractivity (Wildman–Crippen MR) is 69.8 cm³/mol. The molecular weight excluding hydrogens is 229 g/mol. The SMILES string of the molecule is CC(C)c1cc(NCc2ccccc2F)ncn1. The second kappa shape index (κ2) is 5.58. The van der Waals surface area contributed by atoms with Gasteiger partial charge in [0.1, 0.15) is 18.0 Å². The molecule has 3 nitrogen and oxygen atoms in total. The van der Waals surface area contributed by atoms with Crippen LogP contribution in [-0.4, -0.2) is 9.97 Å². The molecule has 0 atom stereocenters. The Morgan fingerprint density at radius 1 is 1.22 bits per heavy atom. The average Bonchev–Trinajstić information content (AvgIpc) is 2.38. The first kappa shape index (κ1) is 12.5. The van der Waals surface area contributed by atoms with Crippen molar-refractivity contribution in [2.75, 3.05) is 5.32 Å². The number of benzene rings is 1. The zero-order valence-electron chi connectivity index (χ0n) is 10.5. The van der Waals surface area contributed by atoms with Crippen LogP contribution in [0.15, 0.2) is 36.7 Å². The maximum atomic E-state index is 13.4. The fourth-order valence-electron chi connectivity index (χ4n) is 1.61. The molecule has 0 radical (unpaired) electrons. The van der Waals surface area contributed by atoms with Crippen molar-refractivity contribution in [3.8, 4) is 0 Å². The quantitative estimate of drug-likeness (QED) is 0.897. The van der Waals surface area contributed by atoms with Gasteiger partial charge in [0.05, 0.1) is 0 Å². The van der Waals surface area contributed by atoms with Crippen molar-refractivity contribution in [1.29, 1.82) is 0 Å². The molecule has 0 saturated heterocycles. The van der Waals surface area contributed by atoms with Crippen molar-refractivity contribution in [2.24, 2.45) is 0 Å². The number of hydrogen-bond donors (Lipinski definition) is 1. The van der Waals surface area contributed by atoms with E-state index >= 15 is 0 Å². The first-order valence-electron chi connectivity index (χ1n) is 5.96. The Labute approximate surface area is 106 Å². The van der Waals surface area contributed by atoms with Gasteiger partial charge in [0.15, 0.2) is 0 Å². The van der Waals surface area contributed by atoms with Gasteiger partial charge >= 0.3 is 0 Å². The lowest BCUT2D eigenvalue weighted by molar-refractivity contribution is 0.613. The standard InChI is InChI=1S/C14H16FN3/c1-10(2)13-7-14(18-9-17-13)16-8-11-5-3-4-6-12(11)15/h3-7,9-10H,8H2,1-2H3,(H,16,17,18). The molecule has 4 heteroatoms. The molecule has 0 aliphatic carbocycles. The number of nitrogens with one attached hydrogen (secondary N) is 1. The van der Waals surface area contributed by atoms with Crippen molar-refractivity contribution in [2.45, 2.75) is 26.3 Å². The van der Waals surface area contributed by atoms with Crippen LogP contribution in [-0.2, 0) is 6.54 Å². The Balaban J connectivity index is 2.07. The smallest absolute Gasteiger partial charge is 0.129 e.